The van der Waals surface area contributed by atoms with Gasteiger partial charge in [0.05, 0.1) is 11.9 Å². The van der Waals surface area contributed by atoms with Crippen molar-refractivity contribution < 1.29 is 0 Å². The Kier molecular flexibility index (Phi) is 6.06. The zero-order valence-electron chi connectivity index (χ0n) is 15.2. The standard InChI is InChI=1S/C21H27ClN2/c1-15(13-17-9-11-18(12-10-17)21(3,4)5)23-16(2)24-20-8-6-7-19(22)14-20/h6-12,14-15H,13H2,1-5H3,(H,23,24). The zero-order chi connectivity index (χ0) is 17.7. The van der Waals surface area contributed by atoms with Crippen molar-refractivity contribution in [3.05, 3.63) is 64.7 Å². The molecule has 0 fully saturated rings. The number of anilines is 1. The summed E-state index contributed by atoms with van der Waals surface area (Å²) in [6.45, 7) is 10.8. The van der Waals surface area contributed by atoms with E-state index >= 15 is 0 Å². The Morgan fingerprint density at radius 1 is 1.12 bits per heavy atom. The lowest BCUT2D eigenvalue weighted by molar-refractivity contribution is 0.589. The summed E-state index contributed by atoms with van der Waals surface area (Å²) in [4.78, 5) is 4.73. The van der Waals surface area contributed by atoms with Crippen LogP contribution in [0, 0.1) is 0 Å². The van der Waals surface area contributed by atoms with Gasteiger partial charge in [0.25, 0.3) is 0 Å². The molecule has 0 aliphatic heterocycles. The van der Waals surface area contributed by atoms with Crippen LogP contribution in [-0.4, -0.2) is 11.9 Å². The molecule has 0 aliphatic rings. The van der Waals surface area contributed by atoms with Crippen molar-refractivity contribution in [3.63, 3.8) is 0 Å². The number of nitrogens with one attached hydrogen (secondary N) is 1. The first-order valence-electron chi connectivity index (χ1n) is 8.40. The lowest BCUT2D eigenvalue weighted by Gasteiger charge is -2.19. The van der Waals surface area contributed by atoms with Crippen LogP contribution in [0.5, 0.6) is 0 Å². The SMILES string of the molecule is CC(=NC(C)Cc1ccc(C(C)(C)C)cc1)Nc1cccc(Cl)c1. The number of halogens is 1. The monoisotopic (exact) mass is 342 g/mol. The molecule has 0 amide bonds. The van der Waals surface area contributed by atoms with Crippen LogP contribution in [0.4, 0.5) is 5.69 Å². The summed E-state index contributed by atoms with van der Waals surface area (Å²) in [7, 11) is 0. The summed E-state index contributed by atoms with van der Waals surface area (Å²) >= 11 is 6.01. The lowest BCUT2D eigenvalue weighted by atomic mass is 9.86. The van der Waals surface area contributed by atoms with Crippen molar-refractivity contribution in [3.8, 4) is 0 Å². The molecule has 0 aliphatic carbocycles. The second-order valence-corrected chi connectivity index (χ2v) is 7.79. The highest BCUT2D eigenvalue weighted by Gasteiger charge is 2.13. The lowest BCUT2D eigenvalue weighted by Crippen LogP contribution is -2.14. The van der Waals surface area contributed by atoms with Crippen LogP contribution in [0.2, 0.25) is 5.02 Å². The van der Waals surface area contributed by atoms with Gasteiger partial charge in [-0.25, -0.2) is 0 Å². The number of hydrogen-bond donors (Lipinski definition) is 1. The molecule has 24 heavy (non-hydrogen) atoms. The van der Waals surface area contributed by atoms with Gasteiger partial charge in [-0.3, -0.25) is 4.99 Å². The largest absolute Gasteiger partial charge is 0.344 e. The molecule has 0 saturated carbocycles. The molecule has 1 N–H and O–H groups in total. The molecule has 0 bridgehead atoms. The molecular weight excluding hydrogens is 316 g/mol. The van der Waals surface area contributed by atoms with E-state index in [9.17, 15) is 0 Å². The highest BCUT2D eigenvalue weighted by molar-refractivity contribution is 6.30. The summed E-state index contributed by atoms with van der Waals surface area (Å²) in [5, 5.41) is 4.02. The smallest absolute Gasteiger partial charge is 0.0978 e. The van der Waals surface area contributed by atoms with Crippen LogP contribution in [0.25, 0.3) is 0 Å². The number of nitrogens with zero attached hydrogens (tertiary/aromatic N) is 1. The Bertz CT molecular complexity index is 697. The fourth-order valence-electron chi connectivity index (χ4n) is 2.67. The molecule has 0 radical (unpaired) electrons. The molecule has 0 spiro atoms. The third-order valence-electron chi connectivity index (χ3n) is 3.91. The minimum Gasteiger partial charge on any atom is -0.344 e. The Morgan fingerprint density at radius 2 is 1.79 bits per heavy atom. The molecule has 2 nitrogen and oxygen atoms in total. The Balaban J connectivity index is 1.97. The average molecular weight is 343 g/mol. The van der Waals surface area contributed by atoms with Gasteiger partial charge in [0.15, 0.2) is 0 Å². The molecule has 128 valence electrons. The van der Waals surface area contributed by atoms with E-state index in [1.54, 1.807) is 0 Å². The molecule has 2 aromatic rings. The van der Waals surface area contributed by atoms with Crippen molar-refractivity contribution in [2.24, 2.45) is 4.99 Å². The number of amidine groups is 1. The molecule has 0 heterocycles. The van der Waals surface area contributed by atoms with Crippen molar-refractivity contribution in [1.82, 2.24) is 0 Å². The van der Waals surface area contributed by atoms with E-state index in [0.29, 0.717) is 0 Å². The fourth-order valence-corrected chi connectivity index (χ4v) is 2.86. The van der Waals surface area contributed by atoms with Gasteiger partial charge in [0.2, 0.25) is 0 Å². The van der Waals surface area contributed by atoms with E-state index in [-0.39, 0.29) is 11.5 Å². The first kappa shape index (κ1) is 18.5. The number of hydrogen-bond acceptors (Lipinski definition) is 1. The average Bonchev–Trinajstić information content (AvgIpc) is 2.46. The van der Waals surface area contributed by atoms with Crippen LogP contribution in [0.1, 0.15) is 45.7 Å². The molecule has 3 heteroatoms. The van der Waals surface area contributed by atoms with Gasteiger partial charge in [-0.15, -0.1) is 0 Å². The van der Waals surface area contributed by atoms with E-state index in [4.69, 9.17) is 16.6 Å². The van der Waals surface area contributed by atoms with Crippen molar-refractivity contribution in [2.75, 3.05) is 5.32 Å². The van der Waals surface area contributed by atoms with Crippen LogP contribution >= 0.6 is 11.6 Å². The Hall–Kier alpha value is -1.80. The summed E-state index contributed by atoms with van der Waals surface area (Å²) in [5.41, 5.74) is 3.83. The predicted molar refractivity (Wildman–Crippen MR) is 106 cm³/mol. The Morgan fingerprint density at radius 3 is 2.38 bits per heavy atom. The summed E-state index contributed by atoms with van der Waals surface area (Å²) < 4.78 is 0. The summed E-state index contributed by atoms with van der Waals surface area (Å²) in [6.07, 6.45) is 0.930. The topological polar surface area (TPSA) is 24.4 Å². The molecule has 1 atom stereocenters. The first-order chi connectivity index (χ1) is 11.2. The van der Waals surface area contributed by atoms with E-state index in [1.165, 1.54) is 11.1 Å². The van der Waals surface area contributed by atoms with Gasteiger partial charge in [-0.2, -0.15) is 0 Å². The van der Waals surface area contributed by atoms with Crippen LogP contribution in [0.3, 0.4) is 0 Å². The van der Waals surface area contributed by atoms with Crippen molar-refractivity contribution in [2.45, 2.75) is 52.5 Å². The molecule has 0 saturated heterocycles. The second-order valence-electron chi connectivity index (χ2n) is 7.35. The highest BCUT2D eigenvalue weighted by Crippen LogP contribution is 2.22. The zero-order valence-corrected chi connectivity index (χ0v) is 16.0. The number of benzene rings is 2. The van der Waals surface area contributed by atoms with Crippen molar-refractivity contribution >= 4 is 23.1 Å². The fraction of sp³-hybridized carbons (Fsp3) is 0.381. The van der Waals surface area contributed by atoms with Crippen LogP contribution in [-0.2, 0) is 11.8 Å². The quantitative estimate of drug-likeness (QED) is 0.527. The minimum absolute atomic E-state index is 0.194. The van der Waals surface area contributed by atoms with Crippen LogP contribution < -0.4 is 5.32 Å². The van der Waals surface area contributed by atoms with E-state index in [2.05, 4.69) is 57.3 Å². The molecule has 2 aromatic carbocycles. The summed E-state index contributed by atoms with van der Waals surface area (Å²) in [5.74, 6) is 0.899. The van der Waals surface area contributed by atoms with Gasteiger partial charge in [0.1, 0.15) is 0 Å². The molecule has 0 aromatic heterocycles. The maximum Gasteiger partial charge on any atom is 0.0978 e. The molecular formula is C21H27ClN2. The maximum atomic E-state index is 6.01. The number of rotatable bonds is 4. The third kappa shape index (κ3) is 5.68. The van der Waals surface area contributed by atoms with Gasteiger partial charge >= 0.3 is 0 Å². The second kappa shape index (κ2) is 7.85. The van der Waals surface area contributed by atoms with Crippen LogP contribution in [0.15, 0.2) is 53.5 Å². The Labute approximate surface area is 151 Å². The van der Waals surface area contributed by atoms with Gasteiger partial charge < -0.3 is 5.32 Å². The molecule has 2 rings (SSSR count). The third-order valence-corrected chi connectivity index (χ3v) is 4.15. The van der Waals surface area contributed by atoms with Crippen molar-refractivity contribution in [1.29, 1.82) is 0 Å². The number of aliphatic imine (C=N–C) groups is 1. The van der Waals surface area contributed by atoms with Gasteiger partial charge in [-0.05, 0) is 55.0 Å². The molecule has 1 unspecified atom stereocenters. The first-order valence-corrected chi connectivity index (χ1v) is 8.78. The minimum atomic E-state index is 0.194. The van der Waals surface area contributed by atoms with Gasteiger partial charge in [-0.1, -0.05) is 62.7 Å². The predicted octanol–water partition coefficient (Wildman–Crippen LogP) is 6.10. The van der Waals surface area contributed by atoms with E-state index in [1.807, 2.05) is 31.2 Å². The van der Waals surface area contributed by atoms with E-state index in [0.717, 1.165) is 23.0 Å². The normalized spacial score (nSPS) is 13.7. The maximum absolute atomic E-state index is 6.01. The van der Waals surface area contributed by atoms with Gasteiger partial charge in [0, 0.05) is 10.7 Å². The van der Waals surface area contributed by atoms with E-state index < -0.39 is 0 Å². The summed E-state index contributed by atoms with van der Waals surface area (Å²) in [6, 6.07) is 16.8. The highest BCUT2D eigenvalue weighted by atomic mass is 35.5.